The van der Waals surface area contributed by atoms with Crippen LogP contribution in [0.15, 0.2) is 24.3 Å². The topological polar surface area (TPSA) is 61.4 Å². The molecule has 1 heterocycles. The number of hydrogen-bond acceptors (Lipinski definition) is 3. The number of benzene rings is 1. The molecule has 1 aromatic carbocycles. The van der Waals surface area contributed by atoms with Crippen LogP contribution in [0, 0.1) is 5.92 Å². The molecule has 2 N–H and O–H groups in total. The molecule has 1 aliphatic rings. The Balaban J connectivity index is 1.83. The first kappa shape index (κ1) is 15.5. The van der Waals surface area contributed by atoms with E-state index in [4.69, 9.17) is 0 Å². The monoisotopic (exact) mass is 289 g/mol. The molecule has 1 aromatic rings. The van der Waals surface area contributed by atoms with Gasteiger partial charge in [0.15, 0.2) is 0 Å². The minimum atomic E-state index is -0.104. The van der Waals surface area contributed by atoms with E-state index >= 15 is 0 Å². The van der Waals surface area contributed by atoms with Crippen LogP contribution in [-0.2, 0) is 9.59 Å². The summed E-state index contributed by atoms with van der Waals surface area (Å²) in [6, 6.07) is 7.17. The summed E-state index contributed by atoms with van der Waals surface area (Å²) in [6.45, 7) is 3.59. The van der Waals surface area contributed by atoms with Gasteiger partial charge < -0.3 is 15.5 Å². The predicted molar refractivity (Wildman–Crippen MR) is 84.2 cm³/mol. The van der Waals surface area contributed by atoms with E-state index in [0.29, 0.717) is 12.3 Å². The van der Waals surface area contributed by atoms with Gasteiger partial charge in [0, 0.05) is 31.3 Å². The van der Waals surface area contributed by atoms with Crippen LogP contribution in [0.3, 0.4) is 0 Å². The predicted octanol–water partition coefficient (Wildman–Crippen LogP) is 2.32. The Labute approximate surface area is 125 Å². The summed E-state index contributed by atoms with van der Waals surface area (Å²) in [4.78, 5) is 25.3. The third kappa shape index (κ3) is 5.19. The number of piperidine rings is 1. The fourth-order valence-corrected chi connectivity index (χ4v) is 2.75. The second kappa shape index (κ2) is 7.22. The molecule has 0 bridgehead atoms. The van der Waals surface area contributed by atoms with Crippen molar-refractivity contribution in [2.75, 3.05) is 30.8 Å². The highest BCUT2D eigenvalue weighted by Crippen LogP contribution is 2.20. The molecule has 0 aromatic heterocycles. The first-order valence-electron chi connectivity index (χ1n) is 7.39. The largest absolute Gasteiger partial charge is 0.326 e. The van der Waals surface area contributed by atoms with Crippen molar-refractivity contribution in [3.63, 3.8) is 0 Å². The molecule has 0 radical (unpaired) electrons. The van der Waals surface area contributed by atoms with E-state index in [-0.39, 0.29) is 11.8 Å². The molecule has 0 saturated carbocycles. The molecule has 1 atom stereocenters. The summed E-state index contributed by atoms with van der Waals surface area (Å²) >= 11 is 0. The molecule has 2 rings (SSSR count). The number of nitrogens with zero attached hydrogens (tertiary/aromatic N) is 1. The van der Waals surface area contributed by atoms with Gasteiger partial charge in [-0.05, 0) is 56.6 Å². The lowest BCUT2D eigenvalue weighted by atomic mass is 9.95. The van der Waals surface area contributed by atoms with Crippen LogP contribution in [-0.4, -0.2) is 36.9 Å². The quantitative estimate of drug-likeness (QED) is 0.894. The van der Waals surface area contributed by atoms with Gasteiger partial charge in [-0.2, -0.15) is 0 Å². The number of anilines is 2. The Morgan fingerprint density at radius 3 is 2.38 bits per heavy atom. The molecule has 5 heteroatoms. The summed E-state index contributed by atoms with van der Waals surface area (Å²) < 4.78 is 0. The lowest BCUT2D eigenvalue weighted by molar-refractivity contribution is -0.117. The van der Waals surface area contributed by atoms with Crippen molar-refractivity contribution in [3.05, 3.63) is 24.3 Å². The molecular formula is C16H23N3O2. The van der Waals surface area contributed by atoms with Crippen molar-refractivity contribution in [2.45, 2.75) is 26.2 Å². The van der Waals surface area contributed by atoms with E-state index in [0.717, 1.165) is 30.9 Å². The zero-order valence-corrected chi connectivity index (χ0v) is 12.7. The first-order chi connectivity index (χ1) is 10.0. The normalized spacial score (nSPS) is 19.0. The maximum Gasteiger partial charge on any atom is 0.224 e. The van der Waals surface area contributed by atoms with E-state index in [1.165, 1.54) is 13.3 Å². The van der Waals surface area contributed by atoms with Crippen LogP contribution in [0.25, 0.3) is 0 Å². The van der Waals surface area contributed by atoms with Gasteiger partial charge in [0.25, 0.3) is 0 Å². The van der Waals surface area contributed by atoms with Crippen LogP contribution in [0.2, 0.25) is 0 Å². The molecule has 1 aliphatic heterocycles. The van der Waals surface area contributed by atoms with Crippen LogP contribution in [0.5, 0.6) is 0 Å². The number of hydrogen-bond donors (Lipinski definition) is 2. The minimum Gasteiger partial charge on any atom is -0.326 e. The molecule has 0 spiro atoms. The van der Waals surface area contributed by atoms with Gasteiger partial charge in [0.2, 0.25) is 11.8 Å². The van der Waals surface area contributed by atoms with Crippen LogP contribution in [0.1, 0.15) is 26.2 Å². The SMILES string of the molecule is CC(=O)Nc1ccc(NC(=O)CC2CCCN(C)C2)cc1. The lowest BCUT2D eigenvalue weighted by Crippen LogP contribution is -2.34. The first-order valence-corrected chi connectivity index (χ1v) is 7.39. The molecule has 114 valence electrons. The fraction of sp³-hybridized carbons (Fsp3) is 0.500. The van der Waals surface area contributed by atoms with Gasteiger partial charge in [0.1, 0.15) is 0 Å². The van der Waals surface area contributed by atoms with Gasteiger partial charge >= 0.3 is 0 Å². The Hall–Kier alpha value is -1.88. The van der Waals surface area contributed by atoms with E-state index in [1.807, 2.05) is 0 Å². The zero-order valence-electron chi connectivity index (χ0n) is 12.7. The Bertz CT molecular complexity index is 499. The lowest BCUT2D eigenvalue weighted by Gasteiger charge is -2.29. The highest BCUT2D eigenvalue weighted by atomic mass is 16.2. The van der Waals surface area contributed by atoms with Gasteiger partial charge in [0.05, 0.1) is 0 Å². The Morgan fingerprint density at radius 2 is 1.81 bits per heavy atom. The molecule has 5 nitrogen and oxygen atoms in total. The number of nitrogens with one attached hydrogen (secondary N) is 2. The Morgan fingerprint density at radius 1 is 1.19 bits per heavy atom. The molecule has 1 saturated heterocycles. The summed E-state index contributed by atoms with van der Waals surface area (Å²) in [7, 11) is 2.10. The standard InChI is InChI=1S/C16H23N3O2/c1-12(20)17-14-5-7-15(8-6-14)18-16(21)10-13-4-3-9-19(2)11-13/h5-8,13H,3-4,9-11H2,1-2H3,(H,17,20)(H,18,21). The average Bonchev–Trinajstić information content (AvgIpc) is 2.40. The summed E-state index contributed by atoms with van der Waals surface area (Å²) in [6.07, 6.45) is 2.86. The van der Waals surface area contributed by atoms with Crippen molar-refractivity contribution < 1.29 is 9.59 Å². The second-order valence-corrected chi connectivity index (χ2v) is 5.78. The molecule has 1 fully saturated rings. The van der Waals surface area contributed by atoms with Crippen molar-refractivity contribution in [3.8, 4) is 0 Å². The van der Waals surface area contributed by atoms with E-state index in [1.54, 1.807) is 24.3 Å². The number of carbonyl (C=O) groups excluding carboxylic acids is 2. The second-order valence-electron chi connectivity index (χ2n) is 5.78. The van der Waals surface area contributed by atoms with Crippen LogP contribution < -0.4 is 10.6 Å². The third-order valence-corrected chi connectivity index (χ3v) is 3.69. The molecule has 0 aliphatic carbocycles. The molecular weight excluding hydrogens is 266 g/mol. The van der Waals surface area contributed by atoms with Crippen molar-refractivity contribution in [1.29, 1.82) is 0 Å². The fourth-order valence-electron chi connectivity index (χ4n) is 2.75. The van der Waals surface area contributed by atoms with E-state index in [9.17, 15) is 9.59 Å². The van der Waals surface area contributed by atoms with Crippen molar-refractivity contribution in [1.82, 2.24) is 4.90 Å². The van der Waals surface area contributed by atoms with Gasteiger partial charge in [-0.25, -0.2) is 0 Å². The van der Waals surface area contributed by atoms with Gasteiger partial charge in [-0.1, -0.05) is 0 Å². The summed E-state index contributed by atoms with van der Waals surface area (Å²) in [5, 5.41) is 5.61. The molecule has 2 amide bonds. The third-order valence-electron chi connectivity index (χ3n) is 3.69. The molecule has 1 unspecified atom stereocenters. The number of rotatable bonds is 4. The zero-order chi connectivity index (χ0) is 15.2. The van der Waals surface area contributed by atoms with Crippen molar-refractivity contribution >= 4 is 23.2 Å². The summed E-state index contributed by atoms with van der Waals surface area (Å²) in [5.74, 6) is 0.401. The maximum absolute atomic E-state index is 12.1. The van der Waals surface area contributed by atoms with E-state index in [2.05, 4.69) is 22.6 Å². The molecule has 21 heavy (non-hydrogen) atoms. The van der Waals surface area contributed by atoms with Crippen LogP contribution >= 0.6 is 0 Å². The maximum atomic E-state index is 12.1. The smallest absolute Gasteiger partial charge is 0.224 e. The highest BCUT2D eigenvalue weighted by molar-refractivity contribution is 5.92. The highest BCUT2D eigenvalue weighted by Gasteiger charge is 2.19. The van der Waals surface area contributed by atoms with Crippen LogP contribution in [0.4, 0.5) is 11.4 Å². The van der Waals surface area contributed by atoms with E-state index < -0.39 is 0 Å². The average molecular weight is 289 g/mol. The minimum absolute atomic E-state index is 0.0579. The number of amides is 2. The Kier molecular flexibility index (Phi) is 5.33. The van der Waals surface area contributed by atoms with Crippen molar-refractivity contribution in [2.24, 2.45) is 5.92 Å². The summed E-state index contributed by atoms with van der Waals surface area (Å²) in [5.41, 5.74) is 1.49. The number of carbonyl (C=O) groups is 2. The van der Waals surface area contributed by atoms with Gasteiger partial charge in [-0.3, -0.25) is 9.59 Å². The number of likely N-dealkylation sites (tertiary alicyclic amines) is 1. The van der Waals surface area contributed by atoms with Gasteiger partial charge in [-0.15, -0.1) is 0 Å².